The molecule has 0 saturated heterocycles. The van der Waals surface area contributed by atoms with Crippen molar-refractivity contribution in [2.45, 2.75) is 25.8 Å². The molecule has 0 amide bonds. The molecule has 0 aliphatic heterocycles. The van der Waals surface area contributed by atoms with Gasteiger partial charge in [-0.15, -0.1) is 0 Å². The van der Waals surface area contributed by atoms with Crippen LogP contribution in [0.1, 0.15) is 18.9 Å². The number of nitrogens with two attached hydrogens (primary N) is 1. The van der Waals surface area contributed by atoms with Crippen molar-refractivity contribution in [3.63, 3.8) is 0 Å². The minimum Gasteiger partial charge on any atom is -0.384 e. The Kier molecular flexibility index (Phi) is 6.11. The highest BCUT2D eigenvalue weighted by molar-refractivity contribution is 5.17. The monoisotopic (exact) mass is 240 g/mol. The zero-order chi connectivity index (χ0) is 12.7. The maximum Gasteiger partial charge on any atom is 0.123 e. The normalized spacial score (nSPS) is 14.6. The van der Waals surface area contributed by atoms with E-state index in [1.807, 2.05) is 0 Å². The zero-order valence-corrected chi connectivity index (χ0v) is 10.4. The summed E-state index contributed by atoms with van der Waals surface area (Å²) in [6, 6.07) is 6.72. The fourth-order valence-corrected chi connectivity index (χ4v) is 1.95. The summed E-state index contributed by atoms with van der Waals surface area (Å²) in [5.41, 5.74) is 3.89. The fraction of sp³-hybridized carbons (Fsp3) is 0.538. The molecule has 3 N–H and O–H groups in total. The summed E-state index contributed by atoms with van der Waals surface area (Å²) in [5.74, 6) is 5.77. The van der Waals surface area contributed by atoms with Gasteiger partial charge in [0.15, 0.2) is 0 Å². The fourth-order valence-electron chi connectivity index (χ4n) is 1.95. The molecule has 4 heteroatoms. The van der Waals surface area contributed by atoms with Crippen molar-refractivity contribution in [1.29, 1.82) is 0 Å². The van der Waals surface area contributed by atoms with Crippen LogP contribution in [0.3, 0.4) is 0 Å². The van der Waals surface area contributed by atoms with Gasteiger partial charge in [0.25, 0.3) is 0 Å². The third-order valence-corrected chi connectivity index (χ3v) is 2.77. The first-order chi connectivity index (χ1) is 8.15. The van der Waals surface area contributed by atoms with Crippen molar-refractivity contribution in [3.05, 3.63) is 35.6 Å². The summed E-state index contributed by atoms with van der Waals surface area (Å²) in [6.45, 7) is 2.85. The number of hydrazine groups is 1. The molecule has 0 aliphatic carbocycles. The van der Waals surface area contributed by atoms with E-state index in [1.165, 1.54) is 12.1 Å². The van der Waals surface area contributed by atoms with Gasteiger partial charge in [0.05, 0.1) is 0 Å². The van der Waals surface area contributed by atoms with Crippen LogP contribution in [-0.2, 0) is 11.2 Å². The molecule has 1 rings (SSSR count). The van der Waals surface area contributed by atoms with Crippen LogP contribution in [0.15, 0.2) is 24.3 Å². The molecule has 0 saturated carbocycles. The van der Waals surface area contributed by atoms with E-state index < -0.39 is 0 Å². The summed E-state index contributed by atoms with van der Waals surface area (Å²) in [5, 5.41) is 0. The lowest BCUT2D eigenvalue weighted by Crippen LogP contribution is -2.38. The molecule has 1 aromatic rings. The van der Waals surface area contributed by atoms with Gasteiger partial charge in [0, 0.05) is 19.8 Å². The molecule has 17 heavy (non-hydrogen) atoms. The van der Waals surface area contributed by atoms with Crippen molar-refractivity contribution in [3.8, 4) is 0 Å². The molecule has 3 nitrogen and oxygen atoms in total. The molecule has 0 aliphatic rings. The Hall–Kier alpha value is -0.970. The molecule has 96 valence electrons. The summed E-state index contributed by atoms with van der Waals surface area (Å²) >= 11 is 0. The molecule has 0 spiro atoms. The van der Waals surface area contributed by atoms with E-state index in [2.05, 4.69) is 12.3 Å². The lowest BCUT2D eigenvalue weighted by Gasteiger charge is -2.20. The molecule has 0 bridgehead atoms. The van der Waals surface area contributed by atoms with Gasteiger partial charge in [-0.2, -0.15) is 0 Å². The average Bonchev–Trinajstić information content (AvgIpc) is 2.31. The molecule has 0 aromatic heterocycles. The highest BCUT2D eigenvalue weighted by atomic mass is 19.1. The molecule has 0 fully saturated rings. The zero-order valence-electron chi connectivity index (χ0n) is 10.4. The third kappa shape index (κ3) is 5.26. The van der Waals surface area contributed by atoms with Crippen molar-refractivity contribution in [2.24, 2.45) is 11.8 Å². The standard InChI is InChI=1S/C13H21FN2O/c1-10(9-17-2)7-13(16-15)8-11-3-5-12(14)6-4-11/h3-6,10,13,16H,7-9,15H2,1-2H3. The SMILES string of the molecule is COCC(C)CC(Cc1ccc(F)cc1)NN. The molecule has 1 aromatic carbocycles. The molecular weight excluding hydrogens is 219 g/mol. The number of nitrogens with one attached hydrogen (secondary N) is 1. The van der Waals surface area contributed by atoms with Crippen LogP contribution >= 0.6 is 0 Å². The first-order valence-electron chi connectivity index (χ1n) is 5.85. The Balaban J connectivity index is 2.48. The Bertz CT molecular complexity index is 316. The Labute approximate surface area is 102 Å². The minimum absolute atomic E-state index is 0.186. The molecule has 0 radical (unpaired) electrons. The van der Waals surface area contributed by atoms with E-state index in [-0.39, 0.29) is 11.9 Å². The van der Waals surface area contributed by atoms with Crippen LogP contribution in [0.5, 0.6) is 0 Å². The Morgan fingerprint density at radius 2 is 2.00 bits per heavy atom. The van der Waals surface area contributed by atoms with E-state index in [1.54, 1.807) is 19.2 Å². The van der Waals surface area contributed by atoms with E-state index in [9.17, 15) is 4.39 Å². The highest BCUT2D eigenvalue weighted by Crippen LogP contribution is 2.12. The first-order valence-corrected chi connectivity index (χ1v) is 5.85. The van der Waals surface area contributed by atoms with Crippen LogP contribution in [0.4, 0.5) is 4.39 Å². The maximum atomic E-state index is 12.8. The first kappa shape index (κ1) is 14.1. The predicted octanol–water partition coefficient (Wildman–Crippen LogP) is 1.87. The second-order valence-corrected chi connectivity index (χ2v) is 4.49. The van der Waals surface area contributed by atoms with Gasteiger partial charge in [0.1, 0.15) is 5.82 Å². The summed E-state index contributed by atoms with van der Waals surface area (Å²) in [6.07, 6.45) is 1.73. The molecule has 2 atom stereocenters. The van der Waals surface area contributed by atoms with Gasteiger partial charge in [-0.25, -0.2) is 4.39 Å². The van der Waals surface area contributed by atoms with E-state index in [0.717, 1.165) is 25.0 Å². The number of rotatable bonds is 7. The van der Waals surface area contributed by atoms with Gasteiger partial charge in [-0.1, -0.05) is 19.1 Å². The number of methoxy groups -OCH3 is 1. The summed E-state index contributed by atoms with van der Waals surface area (Å²) in [7, 11) is 1.70. The van der Waals surface area contributed by atoms with Crippen LogP contribution in [0.2, 0.25) is 0 Å². The number of halogens is 1. The average molecular weight is 240 g/mol. The van der Waals surface area contributed by atoms with Gasteiger partial charge >= 0.3 is 0 Å². The number of benzene rings is 1. The lowest BCUT2D eigenvalue weighted by molar-refractivity contribution is 0.149. The quantitative estimate of drug-likeness (QED) is 0.565. The van der Waals surface area contributed by atoms with Crippen molar-refractivity contribution >= 4 is 0 Å². The minimum atomic E-state index is -0.209. The summed E-state index contributed by atoms with van der Waals surface area (Å²) < 4.78 is 17.9. The van der Waals surface area contributed by atoms with E-state index in [0.29, 0.717) is 5.92 Å². The molecule has 2 unspecified atom stereocenters. The number of ether oxygens (including phenoxy) is 1. The largest absolute Gasteiger partial charge is 0.384 e. The van der Waals surface area contributed by atoms with E-state index >= 15 is 0 Å². The molecule has 0 heterocycles. The Morgan fingerprint density at radius 3 is 2.53 bits per heavy atom. The second-order valence-electron chi connectivity index (χ2n) is 4.49. The van der Waals surface area contributed by atoms with E-state index in [4.69, 9.17) is 10.6 Å². The second kappa shape index (κ2) is 7.37. The summed E-state index contributed by atoms with van der Waals surface area (Å²) in [4.78, 5) is 0. The topological polar surface area (TPSA) is 47.3 Å². The van der Waals surface area contributed by atoms with Crippen LogP contribution in [0, 0.1) is 11.7 Å². The van der Waals surface area contributed by atoms with Gasteiger partial charge in [-0.05, 0) is 36.5 Å². The van der Waals surface area contributed by atoms with Gasteiger partial charge in [-0.3, -0.25) is 11.3 Å². The predicted molar refractivity (Wildman–Crippen MR) is 66.9 cm³/mol. The number of hydrogen-bond donors (Lipinski definition) is 2. The van der Waals surface area contributed by atoms with Crippen molar-refractivity contribution in [2.75, 3.05) is 13.7 Å². The van der Waals surface area contributed by atoms with Gasteiger partial charge < -0.3 is 4.74 Å². The number of hydrogen-bond acceptors (Lipinski definition) is 3. The highest BCUT2D eigenvalue weighted by Gasteiger charge is 2.12. The third-order valence-electron chi connectivity index (χ3n) is 2.77. The maximum absolute atomic E-state index is 12.8. The Morgan fingerprint density at radius 1 is 1.35 bits per heavy atom. The van der Waals surface area contributed by atoms with Crippen molar-refractivity contribution in [1.82, 2.24) is 5.43 Å². The smallest absolute Gasteiger partial charge is 0.123 e. The van der Waals surface area contributed by atoms with Crippen LogP contribution < -0.4 is 11.3 Å². The van der Waals surface area contributed by atoms with Crippen LogP contribution in [-0.4, -0.2) is 19.8 Å². The van der Waals surface area contributed by atoms with Crippen molar-refractivity contribution < 1.29 is 9.13 Å². The van der Waals surface area contributed by atoms with Crippen LogP contribution in [0.25, 0.3) is 0 Å². The molecular formula is C13H21FN2O. The van der Waals surface area contributed by atoms with Gasteiger partial charge in [0.2, 0.25) is 0 Å². The lowest BCUT2D eigenvalue weighted by atomic mass is 9.97.